The second-order valence-corrected chi connectivity index (χ2v) is 7.12. The van der Waals surface area contributed by atoms with Crippen molar-refractivity contribution in [3.8, 4) is 0 Å². The molecule has 0 radical (unpaired) electrons. The molecule has 0 unspecified atom stereocenters. The van der Waals surface area contributed by atoms with Gasteiger partial charge in [0.15, 0.2) is 5.03 Å². The molecule has 2 aromatic rings. The number of benzene rings is 1. The molecular formula is C17H20ClN5O3S. The summed E-state index contributed by atoms with van der Waals surface area (Å²) in [5, 5.41) is 8.79. The number of thioether (sulfide) groups is 1. The number of nitrogens with one attached hydrogen (secondary N) is 1. The Kier molecular flexibility index (Phi) is 7.37. The van der Waals surface area contributed by atoms with Crippen molar-refractivity contribution in [2.75, 3.05) is 5.75 Å². The van der Waals surface area contributed by atoms with Crippen molar-refractivity contribution in [3.05, 3.63) is 55.7 Å². The third-order valence-corrected chi connectivity index (χ3v) is 4.80. The maximum Gasteiger partial charge on any atom is 0.346 e. The molecule has 144 valence electrons. The summed E-state index contributed by atoms with van der Waals surface area (Å²) in [4.78, 5) is 35.7. The molecule has 0 saturated heterocycles. The molecular weight excluding hydrogens is 390 g/mol. The fourth-order valence-electron chi connectivity index (χ4n) is 2.20. The van der Waals surface area contributed by atoms with Gasteiger partial charge in [-0.1, -0.05) is 48.8 Å². The Morgan fingerprint density at radius 2 is 1.93 bits per heavy atom. The molecule has 8 nitrogen and oxygen atoms in total. The predicted molar refractivity (Wildman–Crippen MR) is 106 cm³/mol. The van der Waals surface area contributed by atoms with Gasteiger partial charge in [0.2, 0.25) is 5.91 Å². The normalized spacial score (nSPS) is 11.5. The molecule has 1 aromatic carbocycles. The summed E-state index contributed by atoms with van der Waals surface area (Å²) in [5.41, 5.74) is 3.06. The summed E-state index contributed by atoms with van der Waals surface area (Å²) < 4.78 is 2.00. The summed E-state index contributed by atoms with van der Waals surface area (Å²) in [7, 11) is 2.81. The van der Waals surface area contributed by atoms with Gasteiger partial charge >= 0.3 is 5.69 Å². The Morgan fingerprint density at radius 1 is 1.26 bits per heavy atom. The van der Waals surface area contributed by atoms with E-state index in [0.717, 1.165) is 38.7 Å². The van der Waals surface area contributed by atoms with Gasteiger partial charge in [-0.15, -0.1) is 0 Å². The number of rotatable bonds is 7. The van der Waals surface area contributed by atoms with Crippen LogP contribution in [0.3, 0.4) is 0 Å². The monoisotopic (exact) mass is 409 g/mol. The van der Waals surface area contributed by atoms with E-state index in [9.17, 15) is 14.4 Å². The molecule has 0 aliphatic carbocycles. The number of halogens is 1. The lowest BCUT2D eigenvalue weighted by molar-refractivity contribution is -0.118. The molecule has 10 heteroatoms. The summed E-state index contributed by atoms with van der Waals surface area (Å²) in [6.45, 7) is 2.02. The zero-order chi connectivity index (χ0) is 20.0. The molecule has 0 spiro atoms. The van der Waals surface area contributed by atoms with Gasteiger partial charge in [-0.05, 0) is 24.1 Å². The summed E-state index contributed by atoms with van der Waals surface area (Å²) in [6.07, 6.45) is 1.56. The Balaban J connectivity index is 2.06. The van der Waals surface area contributed by atoms with Gasteiger partial charge < -0.3 is 0 Å². The molecule has 0 atom stereocenters. The first-order valence-corrected chi connectivity index (χ1v) is 9.58. The Bertz CT molecular complexity index is 966. The summed E-state index contributed by atoms with van der Waals surface area (Å²) in [6, 6.07) is 7.22. The smallest absolute Gasteiger partial charge is 0.272 e. The van der Waals surface area contributed by atoms with Gasteiger partial charge in [0.25, 0.3) is 5.56 Å². The molecule has 0 bridgehead atoms. The van der Waals surface area contributed by atoms with Gasteiger partial charge in [-0.3, -0.25) is 14.2 Å². The minimum Gasteiger partial charge on any atom is -0.272 e. The van der Waals surface area contributed by atoms with E-state index in [1.165, 1.54) is 14.1 Å². The second kappa shape index (κ2) is 9.52. The highest BCUT2D eigenvalue weighted by Crippen LogP contribution is 2.13. The minimum absolute atomic E-state index is 0.0516. The second-order valence-electron chi connectivity index (χ2n) is 5.71. The summed E-state index contributed by atoms with van der Waals surface area (Å²) >= 11 is 6.85. The van der Waals surface area contributed by atoms with Crippen molar-refractivity contribution < 1.29 is 4.79 Å². The van der Waals surface area contributed by atoms with Gasteiger partial charge in [0.1, 0.15) is 0 Å². The van der Waals surface area contributed by atoms with Crippen LogP contribution in [0.1, 0.15) is 25.3 Å². The highest BCUT2D eigenvalue weighted by Gasteiger charge is 2.12. The average Bonchev–Trinajstić information content (AvgIpc) is 2.66. The summed E-state index contributed by atoms with van der Waals surface area (Å²) in [5.74, 6) is -0.426. The van der Waals surface area contributed by atoms with Crippen LogP contribution in [-0.4, -0.2) is 31.7 Å². The van der Waals surface area contributed by atoms with E-state index >= 15 is 0 Å². The zero-order valence-corrected chi connectivity index (χ0v) is 16.8. The number of hydrogen-bond donors (Lipinski definition) is 1. The molecule has 2 rings (SSSR count). The van der Waals surface area contributed by atoms with E-state index in [1.807, 2.05) is 19.1 Å². The van der Waals surface area contributed by atoms with Crippen molar-refractivity contribution in [2.24, 2.45) is 19.2 Å². The number of aromatic nitrogens is 3. The first-order chi connectivity index (χ1) is 12.8. The van der Waals surface area contributed by atoms with Crippen LogP contribution in [0.15, 0.2) is 44.0 Å². The standard InChI is InChI=1S/C17H20ClN5O3S/c1-4-5-13(11-6-8-12(18)9-7-11)19-20-14(24)10-27-15-16(25)22(2)17(26)23(3)21-15/h6-9H,4-5,10H2,1-3H3,(H,20,24)/b19-13-. The van der Waals surface area contributed by atoms with E-state index in [4.69, 9.17) is 11.6 Å². The maximum atomic E-state index is 12.1. The van der Waals surface area contributed by atoms with Gasteiger partial charge in [0.05, 0.1) is 11.5 Å². The fourth-order valence-corrected chi connectivity index (χ4v) is 3.10. The Labute approximate surface area is 165 Å². The van der Waals surface area contributed by atoms with Crippen molar-refractivity contribution in [3.63, 3.8) is 0 Å². The first kappa shape index (κ1) is 20.9. The molecule has 1 heterocycles. The van der Waals surface area contributed by atoms with Crippen molar-refractivity contribution in [2.45, 2.75) is 24.8 Å². The van der Waals surface area contributed by atoms with Gasteiger partial charge in [-0.25, -0.2) is 14.9 Å². The van der Waals surface area contributed by atoms with Crippen molar-refractivity contribution in [1.82, 2.24) is 19.8 Å². The predicted octanol–water partition coefficient (Wildman–Crippen LogP) is 1.55. The fraction of sp³-hybridized carbons (Fsp3) is 0.353. The van der Waals surface area contributed by atoms with Crippen LogP contribution in [0.25, 0.3) is 0 Å². The van der Waals surface area contributed by atoms with Crippen molar-refractivity contribution >= 4 is 35.0 Å². The minimum atomic E-state index is -0.535. The molecule has 0 saturated carbocycles. The number of carbonyl (C=O) groups is 1. The van der Waals surface area contributed by atoms with Crippen LogP contribution in [0.5, 0.6) is 0 Å². The Morgan fingerprint density at radius 3 is 2.56 bits per heavy atom. The third-order valence-electron chi connectivity index (χ3n) is 3.61. The lowest BCUT2D eigenvalue weighted by Crippen LogP contribution is -2.39. The first-order valence-electron chi connectivity index (χ1n) is 8.22. The number of hydrazone groups is 1. The van der Waals surface area contributed by atoms with E-state index in [1.54, 1.807) is 12.1 Å². The zero-order valence-electron chi connectivity index (χ0n) is 15.2. The van der Waals surface area contributed by atoms with Crippen LogP contribution < -0.4 is 16.7 Å². The SMILES string of the molecule is CCC/C(=N/NC(=O)CSc1nn(C)c(=O)n(C)c1=O)c1ccc(Cl)cc1. The Hall–Kier alpha value is -2.39. The largest absolute Gasteiger partial charge is 0.346 e. The quantitative estimate of drug-likeness (QED) is 0.425. The van der Waals surface area contributed by atoms with Crippen LogP contribution >= 0.6 is 23.4 Å². The lowest BCUT2D eigenvalue weighted by atomic mass is 10.1. The van der Waals surface area contributed by atoms with E-state index in [-0.39, 0.29) is 16.7 Å². The van der Waals surface area contributed by atoms with Gasteiger partial charge in [-0.2, -0.15) is 10.2 Å². The van der Waals surface area contributed by atoms with Crippen LogP contribution in [0.4, 0.5) is 0 Å². The number of hydrogen-bond acceptors (Lipinski definition) is 6. The number of nitrogens with zero attached hydrogens (tertiary/aromatic N) is 4. The number of amides is 1. The lowest BCUT2D eigenvalue weighted by Gasteiger charge is -2.07. The van der Waals surface area contributed by atoms with E-state index < -0.39 is 11.2 Å². The van der Waals surface area contributed by atoms with E-state index in [2.05, 4.69) is 15.6 Å². The average molecular weight is 410 g/mol. The molecule has 27 heavy (non-hydrogen) atoms. The highest BCUT2D eigenvalue weighted by atomic mass is 35.5. The van der Waals surface area contributed by atoms with Gasteiger partial charge in [0, 0.05) is 19.1 Å². The maximum absolute atomic E-state index is 12.1. The molecule has 1 N–H and O–H groups in total. The number of carbonyl (C=O) groups excluding carboxylic acids is 1. The molecule has 1 aromatic heterocycles. The van der Waals surface area contributed by atoms with Crippen LogP contribution in [-0.2, 0) is 18.9 Å². The number of aryl methyl sites for hydroxylation is 1. The van der Waals surface area contributed by atoms with Crippen molar-refractivity contribution in [1.29, 1.82) is 0 Å². The van der Waals surface area contributed by atoms with Crippen LogP contribution in [0, 0.1) is 0 Å². The topological polar surface area (TPSA) is 98.3 Å². The highest BCUT2D eigenvalue weighted by molar-refractivity contribution is 7.99. The van der Waals surface area contributed by atoms with Crippen LogP contribution in [0.2, 0.25) is 5.02 Å². The molecule has 1 amide bonds. The van der Waals surface area contributed by atoms with E-state index in [0.29, 0.717) is 11.4 Å². The third kappa shape index (κ3) is 5.54. The molecule has 0 aliphatic rings. The molecule has 0 fully saturated rings. The molecule has 0 aliphatic heterocycles.